The van der Waals surface area contributed by atoms with Crippen LogP contribution in [-0.4, -0.2) is 47.4 Å². The Kier molecular flexibility index (Phi) is 7.38. The molecule has 0 aromatic carbocycles. The van der Waals surface area contributed by atoms with Gasteiger partial charge in [0.25, 0.3) is 0 Å². The van der Waals surface area contributed by atoms with E-state index < -0.39 is 30.6 Å². The van der Waals surface area contributed by atoms with E-state index in [4.69, 9.17) is 21.7 Å². The van der Waals surface area contributed by atoms with E-state index in [1.54, 1.807) is 0 Å². The van der Waals surface area contributed by atoms with E-state index in [0.717, 1.165) is 0 Å². The normalized spacial score (nSPS) is 14.2. The van der Waals surface area contributed by atoms with Gasteiger partial charge in [-0.15, -0.1) is 0 Å². The summed E-state index contributed by atoms with van der Waals surface area (Å²) >= 11 is 0. The Balaban J connectivity index is 3.65. The van der Waals surface area contributed by atoms with E-state index in [2.05, 4.69) is 4.84 Å². The number of rotatable bonds is 8. The molecule has 0 aliphatic heterocycles. The third-order valence-corrected chi connectivity index (χ3v) is 1.68. The zero-order valence-corrected chi connectivity index (χ0v) is 8.76. The minimum atomic E-state index is -1.19. The largest absolute Gasteiger partial charge is 0.479 e. The number of aliphatic carboxylic acids is 1. The summed E-state index contributed by atoms with van der Waals surface area (Å²) in [5.41, 5.74) is 12.6. The first-order valence-corrected chi connectivity index (χ1v) is 4.71. The maximum absolute atomic E-state index is 11.1. The van der Waals surface area contributed by atoms with Crippen molar-refractivity contribution in [2.45, 2.75) is 25.0 Å². The molecule has 0 saturated carbocycles. The van der Waals surface area contributed by atoms with Gasteiger partial charge in [-0.3, -0.25) is 9.63 Å². The smallest absolute Gasteiger partial charge is 0.332 e. The third kappa shape index (κ3) is 8.12. The fourth-order valence-corrected chi connectivity index (χ4v) is 0.987. The Labute approximate surface area is 92.5 Å². The second-order valence-electron chi connectivity index (χ2n) is 3.30. The van der Waals surface area contributed by atoms with Crippen LogP contribution in [0.3, 0.4) is 0 Å². The molecule has 1 amide bonds. The maximum atomic E-state index is 11.1. The Morgan fingerprint density at radius 2 is 2.06 bits per heavy atom. The summed E-state index contributed by atoms with van der Waals surface area (Å²) in [6.07, 6.45) is -0.623. The zero-order valence-electron chi connectivity index (χ0n) is 8.76. The second kappa shape index (κ2) is 7.99. The number of carbonyl (C=O) groups excluding carboxylic acids is 1. The summed E-state index contributed by atoms with van der Waals surface area (Å²) in [7, 11) is 0. The van der Waals surface area contributed by atoms with Gasteiger partial charge in [0.05, 0.1) is 6.10 Å². The Morgan fingerprint density at radius 1 is 1.44 bits per heavy atom. The van der Waals surface area contributed by atoms with Crippen LogP contribution in [0.5, 0.6) is 0 Å². The van der Waals surface area contributed by atoms with Crippen LogP contribution >= 0.6 is 0 Å². The molecule has 0 heterocycles. The Bertz CT molecular complexity index is 236. The highest BCUT2D eigenvalue weighted by Crippen LogP contribution is 1.98. The summed E-state index contributed by atoms with van der Waals surface area (Å²) in [5, 5.41) is 17.4. The van der Waals surface area contributed by atoms with Crippen LogP contribution in [0.15, 0.2) is 0 Å². The quantitative estimate of drug-likeness (QED) is 0.293. The van der Waals surface area contributed by atoms with Crippen LogP contribution in [0.4, 0.5) is 0 Å². The summed E-state index contributed by atoms with van der Waals surface area (Å²) in [5.74, 6) is -1.74. The predicted molar refractivity (Wildman–Crippen MR) is 54.0 cm³/mol. The Morgan fingerprint density at radius 3 is 2.56 bits per heavy atom. The number of carboxylic acid groups (broad SMARTS) is 1. The standard InChI is InChI=1S/C8H17N3O5/c9-3-6(12)1-5(10)2-7(13)11-16-4-8(14)15/h5-6,12H,1-4,9-10H2,(H,11,13)(H,14,15)/t5-,6-/m1/s1. The van der Waals surface area contributed by atoms with Crippen molar-refractivity contribution in [2.24, 2.45) is 11.5 Å². The topological polar surface area (TPSA) is 148 Å². The summed E-state index contributed by atoms with van der Waals surface area (Å²) in [4.78, 5) is 25.5. The average molecular weight is 235 g/mol. The highest BCUT2D eigenvalue weighted by Gasteiger charge is 2.13. The van der Waals surface area contributed by atoms with Crippen molar-refractivity contribution in [1.82, 2.24) is 5.48 Å². The maximum Gasteiger partial charge on any atom is 0.332 e. The molecule has 0 bridgehead atoms. The second-order valence-corrected chi connectivity index (χ2v) is 3.30. The molecule has 2 atom stereocenters. The molecule has 8 heteroatoms. The lowest BCUT2D eigenvalue weighted by atomic mass is 10.1. The molecule has 7 N–H and O–H groups in total. The van der Waals surface area contributed by atoms with Crippen molar-refractivity contribution >= 4 is 11.9 Å². The molecule has 94 valence electrons. The number of amides is 1. The third-order valence-electron chi connectivity index (χ3n) is 1.68. The molecule has 0 aliphatic carbocycles. The van der Waals surface area contributed by atoms with Crippen molar-refractivity contribution in [3.63, 3.8) is 0 Å². The van der Waals surface area contributed by atoms with Gasteiger partial charge in [-0.05, 0) is 6.42 Å². The lowest BCUT2D eigenvalue weighted by Gasteiger charge is -2.14. The molecule has 0 radical (unpaired) electrons. The first-order chi connectivity index (χ1) is 7.45. The van der Waals surface area contributed by atoms with Crippen molar-refractivity contribution in [1.29, 1.82) is 0 Å². The molecule has 8 nitrogen and oxygen atoms in total. The number of carboxylic acids is 1. The number of hydrogen-bond donors (Lipinski definition) is 5. The van der Waals surface area contributed by atoms with Gasteiger partial charge in [-0.25, -0.2) is 10.3 Å². The SMILES string of the molecule is NC[C@H](O)C[C@@H](N)CC(=O)NOCC(=O)O. The van der Waals surface area contributed by atoms with Crippen molar-refractivity contribution < 1.29 is 24.6 Å². The van der Waals surface area contributed by atoms with Crippen LogP contribution in [0.1, 0.15) is 12.8 Å². The van der Waals surface area contributed by atoms with Crippen LogP contribution < -0.4 is 16.9 Å². The van der Waals surface area contributed by atoms with Gasteiger partial charge >= 0.3 is 5.97 Å². The van der Waals surface area contributed by atoms with E-state index in [1.165, 1.54) is 0 Å². The number of aliphatic hydroxyl groups excluding tert-OH is 1. The lowest BCUT2D eigenvalue weighted by Crippen LogP contribution is -2.36. The summed E-state index contributed by atoms with van der Waals surface area (Å²) in [6.45, 7) is -0.544. The molecular formula is C8H17N3O5. The van der Waals surface area contributed by atoms with Gasteiger partial charge in [0.15, 0.2) is 6.61 Å². The van der Waals surface area contributed by atoms with E-state index in [-0.39, 0.29) is 19.4 Å². The van der Waals surface area contributed by atoms with Crippen molar-refractivity contribution in [3.05, 3.63) is 0 Å². The van der Waals surface area contributed by atoms with Gasteiger partial charge in [-0.1, -0.05) is 0 Å². The molecule has 0 rings (SSSR count). The van der Waals surface area contributed by atoms with Crippen LogP contribution in [-0.2, 0) is 14.4 Å². The van der Waals surface area contributed by atoms with Gasteiger partial charge < -0.3 is 21.7 Å². The predicted octanol–water partition coefficient (Wildman–Crippen LogP) is -2.45. The number of hydrogen-bond acceptors (Lipinski definition) is 6. The molecule has 0 spiro atoms. The fraction of sp³-hybridized carbons (Fsp3) is 0.750. The molecule has 0 unspecified atom stereocenters. The number of carbonyl (C=O) groups is 2. The van der Waals surface area contributed by atoms with Gasteiger partial charge in [0, 0.05) is 19.0 Å². The van der Waals surface area contributed by atoms with Crippen LogP contribution in [0.2, 0.25) is 0 Å². The highest BCUT2D eigenvalue weighted by atomic mass is 16.7. The minimum Gasteiger partial charge on any atom is -0.479 e. The first-order valence-electron chi connectivity index (χ1n) is 4.71. The molecular weight excluding hydrogens is 218 g/mol. The Hall–Kier alpha value is -1.22. The van der Waals surface area contributed by atoms with E-state index in [0.29, 0.717) is 0 Å². The van der Waals surface area contributed by atoms with E-state index in [1.807, 2.05) is 5.48 Å². The van der Waals surface area contributed by atoms with Gasteiger partial charge in [0.2, 0.25) is 5.91 Å². The van der Waals surface area contributed by atoms with Gasteiger partial charge in [0.1, 0.15) is 0 Å². The number of hydroxylamine groups is 1. The minimum absolute atomic E-state index is 0.0727. The number of aliphatic hydroxyl groups is 1. The molecule has 0 aliphatic rings. The molecule has 0 saturated heterocycles. The van der Waals surface area contributed by atoms with Gasteiger partial charge in [-0.2, -0.15) is 0 Å². The van der Waals surface area contributed by atoms with Crippen LogP contribution in [0.25, 0.3) is 0 Å². The lowest BCUT2D eigenvalue weighted by molar-refractivity contribution is -0.149. The van der Waals surface area contributed by atoms with E-state index >= 15 is 0 Å². The molecule has 0 fully saturated rings. The highest BCUT2D eigenvalue weighted by molar-refractivity contribution is 5.75. The van der Waals surface area contributed by atoms with Crippen molar-refractivity contribution in [3.8, 4) is 0 Å². The molecule has 0 aromatic rings. The average Bonchev–Trinajstić information content (AvgIpc) is 2.16. The fourth-order valence-electron chi connectivity index (χ4n) is 0.987. The monoisotopic (exact) mass is 235 g/mol. The number of nitrogens with one attached hydrogen (secondary N) is 1. The first kappa shape index (κ1) is 14.8. The summed E-state index contributed by atoms with van der Waals surface area (Å²) < 4.78 is 0. The molecule has 16 heavy (non-hydrogen) atoms. The van der Waals surface area contributed by atoms with Crippen LogP contribution in [0, 0.1) is 0 Å². The van der Waals surface area contributed by atoms with E-state index in [9.17, 15) is 9.59 Å². The zero-order chi connectivity index (χ0) is 12.6. The molecule has 0 aromatic heterocycles. The summed E-state index contributed by atoms with van der Waals surface area (Å²) in [6, 6.07) is -0.549. The number of nitrogens with two attached hydrogens (primary N) is 2. The van der Waals surface area contributed by atoms with Crippen molar-refractivity contribution in [2.75, 3.05) is 13.2 Å².